The van der Waals surface area contributed by atoms with Crippen molar-refractivity contribution >= 4 is 38.7 Å². The molecule has 8 heteroatoms. The van der Waals surface area contributed by atoms with Crippen LogP contribution in [0.4, 0.5) is 5.82 Å². The Morgan fingerprint density at radius 2 is 1.69 bits per heavy atom. The zero-order chi connectivity index (χ0) is 23.8. The van der Waals surface area contributed by atoms with Gasteiger partial charge < -0.3 is 4.90 Å². The molecule has 0 spiro atoms. The van der Waals surface area contributed by atoms with Gasteiger partial charge in [-0.15, -0.1) is 22.7 Å². The molecule has 1 saturated heterocycles. The molecule has 6 nitrogen and oxygen atoms in total. The van der Waals surface area contributed by atoms with E-state index in [4.69, 9.17) is 15.0 Å². The lowest BCUT2D eigenvalue weighted by Gasteiger charge is -2.35. The Morgan fingerprint density at radius 1 is 0.886 bits per heavy atom. The summed E-state index contributed by atoms with van der Waals surface area (Å²) in [6, 6.07) is 14.4. The molecule has 5 heterocycles. The molecular weight excluding hydrogens is 472 g/mol. The van der Waals surface area contributed by atoms with Crippen molar-refractivity contribution in [1.82, 2.24) is 24.8 Å². The van der Waals surface area contributed by atoms with Gasteiger partial charge in [0.1, 0.15) is 15.7 Å². The van der Waals surface area contributed by atoms with Crippen molar-refractivity contribution in [3.05, 3.63) is 76.4 Å². The molecule has 0 N–H and O–H groups in total. The highest BCUT2D eigenvalue weighted by Crippen LogP contribution is 2.37. The summed E-state index contributed by atoms with van der Waals surface area (Å²) in [5, 5.41) is 4.48. The molecule has 6 rings (SSSR count). The monoisotopic (exact) mass is 498 g/mol. The lowest BCUT2D eigenvalue weighted by atomic mass is 10.1. The summed E-state index contributed by atoms with van der Waals surface area (Å²) in [6.45, 7) is 9.07. The molecule has 0 unspecified atom stereocenters. The first-order valence-electron chi connectivity index (χ1n) is 11.8. The molecule has 0 radical (unpaired) electrons. The van der Waals surface area contributed by atoms with Crippen molar-refractivity contribution in [3.8, 4) is 22.0 Å². The second kappa shape index (κ2) is 9.45. The number of nitrogens with zero attached hydrogens (tertiary/aromatic N) is 6. The van der Waals surface area contributed by atoms with E-state index >= 15 is 0 Å². The molecule has 1 aliphatic heterocycles. The van der Waals surface area contributed by atoms with E-state index in [1.54, 1.807) is 28.9 Å². The highest BCUT2D eigenvalue weighted by Gasteiger charge is 2.24. The molecule has 0 aliphatic carbocycles. The van der Waals surface area contributed by atoms with E-state index in [1.807, 2.05) is 24.4 Å². The Morgan fingerprint density at radius 3 is 2.46 bits per heavy atom. The van der Waals surface area contributed by atoms with Crippen LogP contribution in [0.15, 0.2) is 60.2 Å². The zero-order valence-electron chi connectivity index (χ0n) is 19.8. The first-order chi connectivity index (χ1) is 17.2. The Balaban J connectivity index is 1.22. The summed E-state index contributed by atoms with van der Waals surface area (Å²) < 4.78 is 0. The van der Waals surface area contributed by atoms with Crippen molar-refractivity contribution in [2.75, 3.05) is 31.1 Å². The summed E-state index contributed by atoms with van der Waals surface area (Å²) in [7, 11) is 0. The molecule has 1 aliphatic rings. The van der Waals surface area contributed by atoms with Crippen LogP contribution in [0.3, 0.4) is 0 Å². The Labute approximate surface area is 213 Å². The van der Waals surface area contributed by atoms with Crippen molar-refractivity contribution < 1.29 is 0 Å². The topological polar surface area (TPSA) is 58.0 Å². The number of piperazine rings is 1. The number of thiophene rings is 1. The van der Waals surface area contributed by atoms with Crippen LogP contribution in [-0.2, 0) is 6.54 Å². The van der Waals surface area contributed by atoms with Crippen LogP contribution in [0.2, 0.25) is 0 Å². The molecule has 0 amide bonds. The van der Waals surface area contributed by atoms with Crippen LogP contribution in [0.1, 0.15) is 16.1 Å². The second-order valence-corrected chi connectivity index (χ2v) is 10.9. The van der Waals surface area contributed by atoms with Gasteiger partial charge in [0.2, 0.25) is 0 Å². The lowest BCUT2D eigenvalue weighted by molar-refractivity contribution is 0.247. The first-order valence-corrected chi connectivity index (χ1v) is 13.5. The summed E-state index contributed by atoms with van der Waals surface area (Å²) >= 11 is 3.48. The van der Waals surface area contributed by atoms with Crippen molar-refractivity contribution in [2.45, 2.75) is 20.4 Å². The molecule has 1 aromatic carbocycles. The molecule has 176 valence electrons. The number of pyridine rings is 1. The smallest absolute Gasteiger partial charge is 0.164 e. The number of aryl methyl sites for hydroxylation is 2. The quantitative estimate of drug-likeness (QED) is 0.305. The van der Waals surface area contributed by atoms with Crippen LogP contribution >= 0.6 is 22.7 Å². The van der Waals surface area contributed by atoms with Gasteiger partial charge in [0.15, 0.2) is 5.82 Å². The van der Waals surface area contributed by atoms with Crippen molar-refractivity contribution in [1.29, 1.82) is 0 Å². The van der Waals surface area contributed by atoms with Crippen LogP contribution in [0.25, 0.3) is 32.2 Å². The maximum Gasteiger partial charge on any atom is 0.164 e. The molecule has 0 bridgehead atoms. The number of benzene rings is 1. The molecular formula is C27H26N6S2. The molecule has 1 fully saturated rings. The van der Waals surface area contributed by atoms with Gasteiger partial charge in [-0.2, -0.15) is 0 Å². The molecule has 5 aromatic rings. The summed E-state index contributed by atoms with van der Waals surface area (Å²) in [6.07, 6.45) is 3.63. The van der Waals surface area contributed by atoms with E-state index < -0.39 is 0 Å². The van der Waals surface area contributed by atoms with Gasteiger partial charge in [-0.3, -0.25) is 9.88 Å². The SMILES string of the molecule is Cc1sc2nc(-c3cccnc3)nc(N3CCN(Cc4csc(-c5ccccc5)n4)CC3)c2c1C. The van der Waals surface area contributed by atoms with Gasteiger partial charge in [-0.05, 0) is 31.5 Å². The van der Waals surface area contributed by atoms with Gasteiger partial charge in [-0.25, -0.2) is 15.0 Å². The Bertz CT molecular complexity index is 1450. The third kappa shape index (κ3) is 4.45. The van der Waals surface area contributed by atoms with E-state index in [2.05, 4.69) is 58.3 Å². The number of anilines is 1. The average Bonchev–Trinajstić information content (AvgIpc) is 3.49. The summed E-state index contributed by atoms with van der Waals surface area (Å²) in [4.78, 5) is 26.4. The third-order valence-electron chi connectivity index (χ3n) is 6.56. The predicted molar refractivity (Wildman–Crippen MR) is 145 cm³/mol. The lowest BCUT2D eigenvalue weighted by Crippen LogP contribution is -2.46. The van der Waals surface area contributed by atoms with Crippen molar-refractivity contribution in [2.24, 2.45) is 0 Å². The van der Waals surface area contributed by atoms with Gasteiger partial charge in [0.05, 0.1) is 11.1 Å². The van der Waals surface area contributed by atoms with Crippen LogP contribution in [0.5, 0.6) is 0 Å². The van der Waals surface area contributed by atoms with Gasteiger partial charge >= 0.3 is 0 Å². The number of fused-ring (bicyclic) bond motifs is 1. The van der Waals surface area contributed by atoms with Crippen LogP contribution in [0, 0.1) is 13.8 Å². The van der Waals surface area contributed by atoms with Crippen molar-refractivity contribution in [3.63, 3.8) is 0 Å². The average molecular weight is 499 g/mol. The Kier molecular flexibility index (Phi) is 6.01. The number of thiazole rings is 1. The number of rotatable bonds is 5. The van der Waals surface area contributed by atoms with Gasteiger partial charge in [-0.1, -0.05) is 30.3 Å². The normalized spacial score (nSPS) is 14.6. The fourth-order valence-electron chi connectivity index (χ4n) is 4.52. The fraction of sp³-hybridized carbons (Fsp3) is 0.259. The van der Waals surface area contributed by atoms with E-state index in [0.29, 0.717) is 0 Å². The number of aromatic nitrogens is 4. The predicted octanol–water partition coefficient (Wildman–Crippen LogP) is 5.82. The minimum Gasteiger partial charge on any atom is -0.353 e. The standard InChI is InChI=1S/C27H26N6S2/c1-18-19(2)35-27-23(18)25(30-24(31-27)21-9-6-10-28-15-21)33-13-11-32(12-14-33)16-22-17-34-26(29-22)20-7-4-3-5-8-20/h3-10,15,17H,11-14,16H2,1-2H3. The maximum atomic E-state index is 5.07. The Hall–Kier alpha value is -3.20. The van der Waals surface area contributed by atoms with Crippen LogP contribution in [-0.4, -0.2) is 51.0 Å². The van der Waals surface area contributed by atoms with E-state index in [9.17, 15) is 0 Å². The van der Waals surface area contributed by atoms with Gasteiger partial charge in [0.25, 0.3) is 0 Å². The van der Waals surface area contributed by atoms with E-state index in [-0.39, 0.29) is 0 Å². The number of hydrogen-bond donors (Lipinski definition) is 0. The molecule has 4 aromatic heterocycles. The summed E-state index contributed by atoms with van der Waals surface area (Å²) in [5.74, 6) is 1.80. The highest BCUT2D eigenvalue weighted by molar-refractivity contribution is 7.18. The second-order valence-electron chi connectivity index (χ2n) is 8.85. The summed E-state index contributed by atoms with van der Waals surface area (Å²) in [5.41, 5.74) is 4.58. The number of hydrogen-bond acceptors (Lipinski definition) is 8. The zero-order valence-corrected chi connectivity index (χ0v) is 21.4. The van der Waals surface area contributed by atoms with Crippen LogP contribution < -0.4 is 4.90 Å². The molecule has 0 saturated carbocycles. The maximum absolute atomic E-state index is 5.07. The van der Waals surface area contributed by atoms with E-state index in [1.165, 1.54) is 21.4 Å². The van der Waals surface area contributed by atoms with Gasteiger partial charge in [0, 0.05) is 66.5 Å². The minimum atomic E-state index is 0.750. The molecule has 35 heavy (non-hydrogen) atoms. The fourth-order valence-corrected chi connectivity index (χ4v) is 6.36. The van der Waals surface area contributed by atoms with E-state index in [0.717, 1.165) is 65.5 Å². The third-order valence-corrected chi connectivity index (χ3v) is 8.60. The first kappa shape index (κ1) is 22.3. The molecule has 0 atom stereocenters. The minimum absolute atomic E-state index is 0.750. The highest BCUT2D eigenvalue weighted by atomic mass is 32.1. The largest absolute Gasteiger partial charge is 0.353 e.